The predicted octanol–water partition coefficient (Wildman–Crippen LogP) is 4.00. The summed E-state index contributed by atoms with van der Waals surface area (Å²) in [5.74, 6) is 0.219. The van der Waals surface area contributed by atoms with Crippen LogP contribution in [-0.4, -0.2) is 5.91 Å². The zero-order valence-corrected chi connectivity index (χ0v) is 12.3. The first-order valence-corrected chi connectivity index (χ1v) is 7.43. The van der Waals surface area contributed by atoms with E-state index in [0.717, 1.165) is 10.7 Å². The number of anilines is 1. The summed E-state index contributed by atoms with van der Waals surface area (Å²) in [6.07, 6.45) is 2.44. The monoisotopic (exact) mass is 300 g/mol. The van der Waals surface area contributed by atoms with E-state index in [2.05, 4.69) is 17.4 Å². The Balaban J connectivity index is 1.84. The second-order valence-electron chi connectivity index (χ2n) is 5.46. The number of rotatable bonds is 5. The zero-order chi connectivity index (χ0) is 14.8. The third-order valence-electron chi connectivity index (χ3n) is 3.79. The molecule has 0 radical (unpaired) electrons. The third kappa shape index (κ3) is 3.37. The standard InChI is InChI=1S/C17H17ClN2O/c18-14-8-6-12(7-9-14)16(11-4-5-11)20-15-3-1-2-13(10-15)17(19)21/h1-3,6-11,16,20H,4-5H2,(H2,19,21). The molecule has 3 N–H and O–H groups in total. The van der Waals surface area contributed by atoms with Gasteiger partial charge in [0.25, 0.3) is 0 Å². The summed E-state index contributed by atoms with van der Waals surface area (Å²) in [7, 11) is 0. The summed E-state index contributed by atoms with van der Waals surface area (Å²) < 4.78 is 0. The lowest BCUT2D eigenvalue weighted by Gasteiger charge is -2.20. The fraction of sp³-hybridized carbons (Fsp3) is 0.235. The Morgan fingerprint density at radius 1 is 1.19 bits per heavy atom. The van der Waals surface area contributed by atoms with Crippen molar-refractivity contribution in [3.05, 3.63) is 64.7 Å². The zero-order valence-electron chi connectivity index (χ0n) is 11.6. The smallest absolute Gasteiger partial charge is 0.248 e. The summed E-state index contributed by atoms with van der Waals surface area (Å²) in [6.45, 7) is 0. The highest BCUT2D eigenvalue weighted by Crippen LogP contribution is 2.43. The number of hydrogen-bond donors (Lipinski definition) is 2. The van der Waals surface area contributed by atoms with Gasteiger partial charge in [0, 0.05) is 16.3 Å². The Hall–Kier alpha value is -2.00. The van der Waals surface area contributed by atoms with Crippen LogP contribution in [-0.2, 0) is 0 Å². The molecule has 108 valence electrons. The van der Waals surface area contributed by atoms with Gasteiger partial charge in [-0.3, -0.25) is 4.79 Å². The van der Waals surface area contributed by atoms with Crippen molar-refractivity contribution in [3.8, 4) is 0 Å². The van der Waals surface area contributed by atoms with Crippen LogP contribution in [0.5, 0.6) is 0 Å². The van der Waals surface area contributed by atoms with Crippen LogP contribution in [0.25, 0.3) is 0 Å². The SMILES string of the molecule is NC(=O)c1cccc(NC(c2ccc(Cl)cc2)C2CC2)c1. The van der Waals surface area contributed by atoms with Crippen molar-refractivity contribution < 1.29 is 4.79 Å². The molecule has 1 unspecified atom stereocenters. The van der Waals surface area contributed by atoms with Crippen LogP contribution in [0, 0.1) is 5.92 Å². The van der Waals surface area contributed by atoms with Gasteiger partial charge in [-0.2, -0.15) is 0 Å². The lowest BCUT2D eigenvalue weighted by molar-refractivity contribution is 0.100. The van der Waals surface area contributed by atoms with Gasteiger partial charge in [0.05, 0.1) is 6.04 Å². The average molecular weight is 301 g/mol. The first kappa shape index (κ1) is 14.0. The van der Waals surface area contributed by atoms with E-state index in [1.54, 1.807) is 12.1 Å². The molecule has 0 bridgehead atoms. The second-order valence-corrected chi connectivity index (χ2v) is 5.89. The van der Waals surface area contributed by atoms with Gasteiger partial charge in [-0.1, -0.05) is 29.8 Å². The Morgan fingerprint density at radius 3 is 2.52 bits per heavy atom. The first-order valence-electron chi connectivity index (χ1n) is 7.05. The number of nitrogens with two attached hydrogens (primary N) is 1. The molecular weight excluding hydrogens is 284 g/mol. The van der Waals surface area contributed by atoms with E-state index in [0.29, 0.717) is 11.5 Å². The highest BCUT2D eigenvalue weighted by Gasteiger charge is 2.32. The number of carbonyl (C=O) groups excluding carboxylic acids is 1. The molecule has 0 aliphatic heterocycles. The molecule has 0 heterocycles. The number of hydrogen-bond acceptors (Lipinski definition) is 2. The molecule has 1 aliphatic carbocycles. The number of amides is 1. The van der Waals surface area contributed by atoms with E-state index in [1.807, 2.05) is 24.3 Å². The largest absolute Gasteiger partial charge is 0.378 e. The van der Waals surface area contributed by atoms with Crippen LogP contribution in [0.1, 0.15) is 34.8 Å². The van der Waals surface area contributed by atoms with E-state index < -0.39 is 5.91 Å². The number of halogens is 1. The summed E-state index contributed by atoms with van der Waals surface area (Å²) >= 11 is 5.96. The van der Waals surface area contributed by atoms with Crippen molar-refractivity contribution in [1.82, 2.24) is 0 Å². The molecule has 2 aromatic carbocycles. The molecule has 1 saturated carbocycles. The summed E-state index contributed by atoms with van der Waals surface area (Å²) in [5.41, 5.74) is 7.98. The van der Waals surface area contributed by atoms with Crippen molar-refractivity contribution in [2.75, 3.05) is 5.32 Å². The second kappa shape index (κ2) is 5.78. The molecule has 1 amide bonds. The molecule has 2 aromatic rings. The Kier molecular flexibility index (Phi) is 3.84. The van der Waals surface area contributed by atoms with E-state index in [1.165, 1.54) is 18.4 Å². The molecule has 0 spiro atoms. The number of primary amides is 1. The molecule has 21 heavy (non-hydrogen) atoms. The van der Waals surface area contributed by atoms with Crippen molar-refractivity contribution in [1.29, 1.82) is 0 Å². The molecule has 4 heteroatoms. The normalized spacial score (nSPS) is 15.5. The van der Waals surface area contributed by atoms with Gasteiger partial charge in [0.15, 0.2) is 0 Å². The van der Waals surface area contributed by atoms with Crippen molar-refractivity contribution >= 4 is 23.2 Å². The summed E-state index contributed by atoms with van der Waals surface area (Å²) in [4.78, 5) is 11.3. The fourth-order valence-corrected chi connectivity index (χ4v) is 2.64. The molecular formula is C17H17ClN2O. The molecule has 0 saturated heterocycles. The van der Waals surface area contributed by atoms with Gasteiger partial charge in [0.2, 0.25) is 5.91 Å². The minimum absolute atomic E-state index is 0.241. The van der Waals surface area contributed by atoms with Crippen molar-refractivity contribution in [3.63, 3.8) is 0 Å². The first-order chi connectivity index (χ1) is 10.1. The molecule has 3 rings (SSSR count). The van der Waals surface area contributed by atoms with Gasteiger partial charge >= 0.3 is 0 Å². The van der Waals surface area contributed by atoms with Gasteiger partial charge in [-0.05, 0) is 54.7 Å². The van der Waals surface area contributed by atoms with E-state index in [9.17, 15) is 4.79 Å². The van der Waals surface area contributed by atoms with E-state index in [-0.39, 0.29) is 6.04 Å². The summed E-state index contributed by atoms with van der Waals surface area (Å²) in [6, 6.07) is 15.5. The van der Waals surface area contributed by atoms with Crippen LogP contribution in [0.15, 0.2) is 48.5 Å². The molecule has 0 aromatic heterocycles. The van der Waals surface area contributed by atoms with Gasteiger partial charge in [-0.15, -0.1) is 0 Å². The Bertz CT molecular complexity index is 650. The van der Waals surface area contributed by atoms with E-state index in [4.69, 9.17) is 17.3 Å². The molecule has 3 nitrogen and oxygen atoms in total. The molecule has 1 atom stereocenters. The molecule has 1 aliphatic rings. The number of benzene rings is 2. The number of carbonyl (C=O) groups is 1. The fourth-order valence-electron chi connectivity index (χ4n) is 2.51. The van der Waals surface area contributed by atoms with Crippen molar-refractivity contribution in [2.45, 2.75) is 18.9 Å². The van der Waals surface area contributed by atoms with E-state index >= 15 is 0 Å². The van der Waals surface area contributed by atoms with Gasteiger partial charge in [0.1, 0.15) is 0 Å². The van der Waals surface area contributed by atoms with Crippen LogP contribution in [0.4, 0.5) is 5.69 Å². The van der Waals surface area contributed by atoms with Crippen molar-refractivity contribution in [2.24, 2.45) is 11.7 Å². The minimum atomic E-state index is -0.409. The van der Waals surface area contributed by atoms with Crippen LogP contribution in [0.3, 0.4) is 0 Å². The third-order valence-corrected chi connectivity index (χ3v) is 4.04. The average Bonchev–Trinajstić information content (AvgIpc) is 3.31. The van der Waals surface area contributed by atoms with Crippen LogP contribution < -0.4 is 11.1 Å². The molecule has 1 fully saturated rings. The highest BCUT2D eigenvalue weighted by atomic mass is 35.5. The maximum absolute atomic E-state index is 11.3. The Morgan fingerprint density at radius 2 is 1.90 bits per heavy atom. The highest BCUT2D eigenvalue weighted by molar-refractivity contribution is 6.30. The number of nitrogens with one attached hydrogen (secondary N) is 1. The van der Waals surface area contributed by atoms with Gasteiger partial charge < -0.3 is 11.1 Å². The maximum atomic E-state index is 11.3. The lowest BCUT2D eigenvalue weighted by Crippen LogP contribution is -2.14. The van der Waals surface area contributed by atoms with Crippen LogP contribution in [0.2, 0.25) is 5.02 Å². The lowest BCUT2D eigenvalue weighted by atomic mass is 10.0. The topological polar surface area (TPSA) is 55.1 Å². The predicted molar refractivity (Wildman–Crippen MR) is 85.5 cm³/mol. The van der Waals surface area contributed by atoms with Gasteiger partial charge in [-0.25, -0.2) is 0 Å². The quantitative estimate of drug-likeness (QED) is 0.877. The maximum Gasteiger partial charge on any atom is 0.248 e. The Labute approximate surface area is 129 Å². The van der Waals surface area contributed by atoms with Crippen LogP contribution >= 0.6 is 11.6 Å². The minimum Gasteiger partial charge on any atom is -0.378 e. The summed E-state index contributed by atoms with van der Waals surface area (Å²) in [5, 5.41) is 4.26.